The molecule has 0 spiro atoms. The molecule has 0 amide bonds. The Morgan fingerprint density at radius 3 is 2.47 bits per heavy atom. The number of halogens is 1. The Morgan fingerprint density at radius 2 is 1.84 bits per heavy atom. The van der Waals surface area contributed by atoms with Gasteiger partial charge in [-0.05, 0) is 50.3 Å². The van der Waals surface area contributed by atoms with Crippen molar-refractivity contribution < 1.29 is 9.47 Å². The first-order chi connectivity index (χ1) is 9.33. The van der Waals surface area contributed by atoms with Gasteiger partial charge in [-0.3, -0.25) is 0 Å². The fourth-order valence-corrected chi connectivity index (χ4v) is 2.71. The van der Waals surface area contributed by atoms with Crippen molar-refractivity contribution in [2.75, 3.05) is 6.61 Å². The van der Waals surface area contributed by atoms with Crippen molar-refractivity contribution in [1.29, 1.82) is 0 Å². The summed E-state index contributed by atoms with van der Waals surface area (Å²) in [5.74, 6) is 2.19. The SMILES string of the molecule is CCOc1cc(CCl)ccc1OC1CCCCCC1. The summed E-state index contributed by atoms with van der Waals surface area (Å²) in [5.41, 5.74) is 1.07. The first kappa shape index (κ1) is 14.5. The third-order valence-corrected chi connectivity index (χ3v) is 3.87. The highest BCUT2D eigenvalue weighted by atomic mass is 35.5. The molecule has 0 aliphatic heterocycles. The molecule has 0 unspecified atom stereocenters. The predicted octanol–water partition coefficient (Wildman–Crippen LogP) is 4.93. The van der Waals surface area contributed by atoms with Crippen LogP contribution in [0.3, 0.4) is 0 Å². The first-order valence-corrected chi connectivity index (χ1v) is 7.85. The standard InChI is InChI=1S/C16H23ClO2/c1-2-18-16-11-13(12-17)9-10-15(16)19-14-7-5-3-4-6-8-14/h9-11,14H,2-8,12H2,1H3. The van der Waals surface area contributed by atoms with E-state index in [2.05, 4.69) is 0 Å². The molecule has 19 heavy (non-hydrogen) atoms. The highest BCUT2D eigenvalue weighted by molar-refractivity contribution is 6.17. The molecule has 1 aromatic rings. The summed E-state index contributed by atoms with van der Waals surface area (Å²) in [5, 5.41) is 0. The minimum Gasteiger partial charge on any atom is -0.490 e. The van der Waals surface area contributed by atoms with Gasteiger partial charge in [0.25, 0.3) is 0 Å². The molecule has 2 rings (SSSR count). The molecule has 1 saturated carbocycles. The molecule has 0 N–H and O–H groups in total. The van der Waals surface area contributed by atoms with Crippen LogP contribution >= 0.6 is 11.6 Å². The van der Waals surface area contributed by atoms with Crippen molar-refractivity contribution in [1.82, 2.24) is 0 Å². The van der Waals surface area contributed by atoms with Crippen molar-refractivity contribution in [3.8, 4) is 11.5 Å². The highest BCUT2D eigenvalue weighted by Crippen LogP contribution is 2.32. The number of hydrogen-bond acceptors (Lipinski definition) is 2. The van der Waals surface area contributed by atoms with Crippen LogP contribution < -0.4 is 9.47 Å². The van der Waals surface area contributed by atoms with E-state index in [0.717, 1.165) is 29.9 Å². The number of benzene rings is 1. The second kappa shape index (κ2) is 7.64. The lowest BCUT2D eigenvalue weighted by molar-refractivity contribution is 0.173. The average Bonchev–Trinajstić information content (AvgIpc) is 2.69. The number of alkyl halides is 1. The fraction of sp³-hybridized carbons (Fsp3) is 0.625. The molecule has 0 radical (unpaired) electrons. The molecule has 0 aromatic heterocycles. The lowest BCUT2D eigenvalue weighted by Gasteiger charge is -2.19. The molecule has 0 heterocycles. The van der Waals surface area contributed by atoms with Crippen LogP contribution in [-0.2, 0) is 5.88 Å². The van der Waals surface area contributed by atoms with Gasteiger partial charge in [0.15, 0.2) is 11.5 Å². The van der Waals surface area contributed by atoms with Crippen molar-refractivity contribution in [2.24, 2.45) is 0 Å². The summed E-state index contributed by atoms with van der Waals surface area (Å²) >= 11 is 5.87. The topological polar surface area (TPSA) is 18.5 Å². The van der Waals surface area contributed by atoms with E-state index in [1.165, 1.54) is 25.7 Å². The van der Waals surface area contributed by atoms with Gasteiger partial charge in [0.05, 0.1) is 12.7 Å². The van der Waals surface area contributed by atoms with Gasteiger partial charge in [-0.2, -0.15) is 0 Å². The molecule has 0 saturated heterocycles. The minimum atomic E-state index is 0.337. The quantitative estimate of drug-likeness (QED) is 0.563. The zero-order valence-electron chi connectivity index (χ0n) is 11.7. The number of rotatable bonds is 5. The molecule has 1 aliphatic carbocycles. The van der Waals surface area contributed by atoms with Crippen LogP contribution in [0.1, 0.15) is 51.0 Å². The molecule has 1 aliphatic rings. The molecular weight excluding hydrogens is 260 g/mol. The first-order valence-electron chi connectivity index (χ1n) is 7.32. The summed E-state index contributed by atoms with van der Waals surface area (Å²) < 4.78 is 11.8. The van der Waals surface area contributed by atoms with Crippen LogP contribution in [0.15, 0.2) is 18.2 Å². The zero-order valence-corrected chi connectivity index (χ0v) is 12.4. The van der Waals surface area contributed by atoms with Gasteiger partial charge < -0.3 is 9.47 Å². The highest BCUT2D eigenvalue weighted by Gasteiger charge is 2.16. The van der Waals surface area contributed by atoms with E-state index < -0.39 is 0 Å². The van der Waals surface area contributed by atoms with E-state index in [-0.39, 0.29) is 0 Å². The van der Waals surface area contributed by atoms with Crippen molar-refractivity contribution in [3.63, 3.8) is 0 Å². The molecule has 2 nitrogen and oxygen atoms in total. The Hall–Kier alpha value is -0.890. The third kappa shape index (κ3) is 4.31. The van der Waals surface area contributed by atoms with Crippen LogP contribution in [0.5, 0.6) is 11.5 Å². The minimum absolute atomic E-state index is 0.337. The van der Waals surface area contributed by atoms with Crippen LogP contribution in [0, 0.1) is 0 Å². The zero-order chi connectivity index (χ0) is 13.5. The van der Waals surface area contributed by atoms with Gasteiger partial charge in [0.1, 0.15) is 0 Å². The van der Waals surface area contributed by atoms with Crippen LogP contribution in [0.25, 0.3) is 0 Å². The summed E-state index contributed by atoms with van der Waals surface area (Å²) in [6.45, 7) is 2.63. The molecule has 1 fully saturated rings. The Kier molecular flexibility index (Phi) is 5.84. The molecule has 1 aromatic carbocycles. The van der Waals surface area contributed by atoms with Gasteiger partial charge in [-0.25, -0.2) is 0 Å². The lowest BCUT2D eigenvalue weighted by Crippen LogP contribution is -2.15. The van der Waals surface area contributed by atoms with Gasteiger partial charge in [0, 0.05) is 5.88 Å². The summed E-state index contributed by atoms with van der Waals surface area (Å²) in [4.78, 5) is 0. The van der Waals surface area contributed by atoms with Crippen LogP contribution in [0.2, 0.25) is 0 Å². The van der Waals surface area contributed by atoms with Crippen molar-refractivity contribution >= 4 is 11.6 Å². The lowest BCUT2D eigenvalue weighted by atomic mass is 10.1. The van der Waals surface area contributed by atoms with Gasteiger partial charge in [-0.15, -0.1) is 11.6 Å². The van der Waals surface area contributed by atoms with E-state index in [9.17, 15) is 0 Å². The van der Waals surface area contributed by atoms with Gasteiger partial charge in [0.2, 0.25) is 0 Å². The van der Waals surface area contributed by atoms with E-state index in [1.54, 1.807) is 0 Å². The van der Waals surface area contributed by atoms with Gasteiger partial charge >= 0.3 is 0 Å². The maximum atomic E-state index is 6.15. The van der Waals surface area contributed by atoms with Crippen LogP contribution in [-0.4, -0.2) is 12.7 Å². The van der Waals surface area contributed by atoms with Crippen molar-refractivity contribution in [2.45, 2.75) is 57.4 Å². The second-order valence-electron chi connectivity index (χ2n) is 5.08. The molecule has 0 atom stereocenters. The average molecular weight is 283 g/mol. The van der Waals surface area contributed by atoms with E-state index in [1.807, 2.05) is 25.1 Å². The molecular formula is C16H23ClO2. The predicted molar refractivity (Wildman–Crippen MR) is 79.3 cm³/mol. The smallest absolute Gasteiger partial charge is 0.161 e. The van der Waals surface area contributed by atoms with Crippen molar-refractivity contribution in [3.05, 3.63) is 23.8 Å². The Labute approximate surface area is 121 Å². The van der Waals surface area contributed by atoms with Gasteiger partial charge in [-0.1, -0.05) is 18.9 Å². The molecule has 3 heteroatoms. The molecule has 0 bridgehead atoms. The maximum Gasteiger partial charge on any atom is 0.161 e. The third-order valence-electron chi connectivity index (χ3n) is 3.56. The summed E-state index contributed by atoms with van der Waals surface area (Å²) in [6.07, 6.45) is 7.87. The van der Waals surface area contributed by atoms with E-state index >= 15 is 0 Å². The Bertz CT molecular complexity index is 384. The van der Waals surface area contributed by atoms with E-state index in [4.69, 9.17) is 21.1 Å². The van der Waals surface area contributed by atoms with E-state index in [0.29, 0.717) is 18.6 Å². The maximum absolute atomic E-state index is 6.15. The fourth-order valence-electron chi connectivity index (χ4n) is 2.54. The normalized spacial score (nSPS) is 16.9. The Balaban J connectivity index is 2.08. The molecule has 106 valence electrons. The summed E-state index contributed by atoms with van der Waals surface area (Å²) in [6, 6.07) is 6.00. The Morgan fingerprint density at radius 1 is 1.11 bits per heavy atom. The number of hydrogen-bond donors (Lipinski definition) is 0. The number of ether oxygens (including phenoxy) is 2. The largest absolute Gasteiger partial charge is 0.490 e. The second-order valence-corrected chi connectivity index (χ2v) is 5.35. The van der Waals surface area contributed by atoms with Crippen LogP contribution in [0.4, 0.5) is 0 Å². The summed E-state index contributed by atoms with van der Waals surface area (Å²) in [7, 11) is 0. The monoisotopic (exact) mass is 282 g/mol.